The number of hydrogen-bond donors (Lipinski definition) is 4. The first kappa shape index (κ1) is 15.3. The van der Waals surface area contributed by atoms with Crippen LogP contribution < -0.4 is 10.6 Å². The minimum atomic E-state index is -1.41. The summed E-state index contributed by atoms with van der Waals surface area (Å²) in [7, 11) is 0. The van der Waals surface area contributed by atoms with Crippen LogP contribution in [-0.2, 0) is 9.59 Å². The summed E-state index contributed by atoms with van der Waals surface area (Å²) in [5.41, 5.74) is 0.0584. The second kappa shape index (κ2) is 6.40. The Bertz CT molecular complexity index is 363. The van der Waals surface area contributed by atoms with Gasteiger partial charge in [0.2, 0.25) is 0 Å². The van der Waals surface area contributed by atoms with Crippen LogP contribution in [0.1, 0.15) is 39.0 Å². The number of nitrogens with one attached hydrogen (secondary N) is 2. The molecule has 0 radical (unpaired) electrons. The number of aliphatic carboxylic acids is 2. The van der Waals surface area contributed by atoms with Crippen molar-refractivity contribution in [3.8, 4) is 0 Å². The highest BCUT2D eigenvalue weighted by Crippen LogP contribution is 2.36. The first-order valence-electron chi connectivity index (χ1n) is 6.31. The summed E-state index contributed by atoms with van der Waals surface area (Å²) >= 11 is 0. The van der Waals surface area contributed by atoms with Gasteiger partial charge in [0.1, 0.15) is 6.04 Å². The van der Waals surface area contributed by atoms with E-state index in [2.05, 4.69) is 17.6 Å². The van der Waals surface area contributed by atoms with Gasteiger partial charge in [-0.05, 0) is 18.3 Å². The summed E-state index contributed by atoms with van der Waals surface area (Å²) in [5.74, 6) is -2.62. The predicted molar refractivity (Wildman–Crippen MR) is 66.8 cm³/mol. The number of carboxylic acid groups (broad SMARTS) is 2. The minimum absolute atomic E-state index is 0.0584. The van der Waals surface area contributed by atoms with E-state index in [0.717, 1.165) is 25.7 Å². The Morgan fingerprint density at radius 2 is 1.79 bits per heavy atom. The molecule has 7 heteroatoms. The highest BCUT2D eigenvalue weighted by molar-refractivity contribution is 5.86. The molecule has 0 spiro atoms. The van der Waals surface area contributed by atoms with Crippen molar-refractivity contribution in [2.75, 3.05) is 6.54 Å². The standard InChI is InChI=1S/C12H20N2O5/c1-12(4-2-3-5-12)7-13-11(19)14-8(10(17)18)6-9(15)16/h8H,2-7H2,1H3,(H,15,16)(H,17,18)(H2,13,14,19). The summed E-state index contributed by atoms with van der Waals surface area (Å²) < 4.78 is 0. The van der Waals surface area contributed by atoms with Gasteiger partial charge in [0.15, 0.2) is 0 Å². The van der Waals surface area contributed by atoms with Crippen molar-refractivity contribution in [2.45, 2.75) is 45.1 Å². The second-order valence-corrected chi connectivity index (χ2v) is 5.33. The number of carbonyl (C=O) groups excluding carboxylic acids is 1. The maximum atomic E-state index is 11.6. The number of amides is 2. The molecule has 108 valence electrons. The van der Waals surface area contributed by atoms with Crippen molar-refractivity contribution in [3.63, 3.8) is 0 Å². The van der Waals surface area contributed by atoms with E-state index in [1.165, 1.54) is 0 Å². The lowest BCUT2D eigenvalue weighted by Crippen LogP contribution is -2.48. The maximum absolute atomic E-state index is 11.6. The maximum Gasteiger partial charge on any atom is 0.326 e. The molecular formula is C12H20N2O5. The van der Waals surface area contributed by atoms with Crippen LogP contribution in [0.3, 0.4) is 0 Å². The Kier molecular flexibility index (Phi) is 5.14. The zero-order valence-corrected chi connectivity index (χ0v) is 10.9. The summed E-state index contributed by atoms with van der Waals surface area (Å²) in [6.07, 6.45) is 3.70. The number of carbonyl (C=O) groups is 3. The van der Waals surface area contributed by atoms with Crippen LogP contribution in [0.25, 0.3) is 0 Å². The molecule has 0 bridgehead atoms. The van der Waals surface area contributed by atoms with Gasteiger partial charge in [-0.3, -0.25) is 4.79 Å². The zero-order chi connectivity index (χ0) is 14.5. The molecule has 7 nitrogen and oxygen atoms in total. The Morgan fingerprint density at radius 3 is 2.26 bits per heavy atom. The monoisotopic (exact) mass is 272 g/mol. The fourth-order valence-electron chi connectivity index (χ4n) is 2.28. The van der Waals surface area contributed by atoms with Crippen molar-refractivity contribution in [1.29, 1.82) is 0 Å². The van der Waals surface area contributed by atoms with Gasteiger partial charge in [0.05, 0.1) is 6.42 Å². The Labute approximate surface area is 111 Å². The van der Waals surface area contributed by atoms with Gasteiger partial charge in [-0.1, -0.05) is 19.8 Å². The SMILES string of the molecule is CC1(CNC(=O)NC(CC(=O)O)C(=O)O)CCCC1. The molecule has 1 fully saturated rings. The molecule has 1 atom stereocenters. The lowest BCUT2D eigenvalue weighted by molar-refractivity contribution is -0.145. The van der Waals surface area contributed by atoms with Gasteiger partial charge in [-0.2, -0.15) is 0 Å². The quantitative estimate of drug-likeness (QED) is 0.570. The van der Waals surface area contributed by atoms with E-state index >= 15 is 0 Å². The van der Waals surface area contributed by atoms with Gasteiger partial charge in [0, 0.05) is 6.54 Å². The van der Waals surface area contributed by atoms with E-state index in [4.69, 9.17) is 10.2 Å². The average molecular weight is 272 g/mol. The third kappa shape index (κ3) is 5.15. The van der Waals surface area contributed by atoms with Crippen LogP contribution in [0, 0.1) is 5.41 Å². The van der Waals surface area contributed by atoms with Gasteiger partial charge < -0.3 is 20.8 Å². The molecule has 0 aromatic carbocycles. The molecule has 0 aromatic rings. The largest absolute Gasteiger partial charge is 0.481 e. The summed E-state index contributed by atoms with van der Waals surface area (Å²) in [4.78, 5) is 32.8. The Balaban J connectivity index is 2.40. The first-order chi connectivity index (χ1) is 8.82. The molecule has 1 unspecified atom stereocenters. The van der Waals surface area contributed by atoms with E-state index in [0.29, 0.717) is 6.54 Å². The zero-order valence-electron chi connectivity index (χ0n) is 10.9. The molecule has 2 amide bonds. The Hall–Kier alpha value is -1.79. The van der Waals surface area contributed by atoms with Crippen LogP contribution in [0.15, 0.2) is 0 Å². The van der Waals surface area contributed by atoms with Crippen molar-refractivity contribution < 1.29 is 24.6 Å². The number of hydrogen-bond acceptors (Lipinski definition) is 3. The molecule has 0 aliphatic heterocycles. The number of rotatable bonds is 6. The fourth-order valence-corrected chi connectivity index (χ4v) is 2.28. The molecular weight excluding hydrogens is 252 g/mol. The topological polar surface area (TPSA) is 116 Å². The fraction of sp³-hybridized carbons (Fsp3) is 0.750. The number of carboxylic acids is 2. The van der Waals surface area contributed by atoms with E-state index < -0.39 is 30.4 Å². The lowest BCUT2D eigenvalue weighted by atomic mass is 9.89. The molecule has 1 aliphatic rings. The molecule has 1 saturated carbocycles. The van der Waals surface area contributed by atoms with Gasteiger partial charge >= 0.3 is 18.0 Å². The van der Waals surface area contributed by atoms with E-state index in [9.17, 15) is 14.4 Å². The highest BCUT2D eigenvalue weighted by atomic mass is 16.4. The van der Waals surface area contributed by atoms with Gasteiger partial charge in [-0.25, -0.2) is 9.59 Å². The van der Waals surface area contributed by atoms with E-state index in [-0.39, 0.29) is 5.41 Å². The van der Waals surface area contributed by atoms with Crippen LogP contribution in [0.4, 0.5) is 4.79 Å². The number of urea groups is 1. The summed E-state index contributed by atoms with van der Waals surface area (Å²) in [6, 6.07) is -2.05. The average Bonchev–Trinajstić information content (AvgIpc) is 2.73. The lowest BCUT2D eigenvalue weighted by Gasteiger charge is -2.24. The summed E-state index contributed by atoms with van der Waals surface area (Å²) in [6.45, 7) is 2.55. The second-order valence-electron chi connectivity index (χ2n) is 5.33. The smallest absolute Gasteiger partial charge is 0.326 e. The normalized spacial score (nSPS) is 18.6. The van der Waals surface area contributed by atoms with Crippen molar-refractivity contribution in [2.24, 2.45) is 5.41 Å². The molecule has 0 saturated heterocycles. The van der Waals surface area contributed by atoms with Crippen molar-refractivity contribution >= 4 is 18.0 Å². The summed E-state index contributed by atoms with van der Waals surface area (Å²) in [5, 5.41) is 22.1. The minimum Gasteiger partial charge on any atom is -0.481 e. The molecule has 0 aromatic heterocycles. The van der Waals surface area contributed by atoms with E-state index in [1.54, 1.807) is 0 Å². The molecule has 0 heterocycles. The van der Waals surface area contributed by atoms with Gasteiger partial charge in [-0.15, -0.1) is 0 Å². The van der Waals surface area contributed by atoms with E-state index in [1.807, 2.05) is 0 Å². The molecule has 4 N–H and O–H groups in total. The molecule has 1 aliphatic carbocycles. The van der Waals surface area contributed by atoms with Crippen molar-refractivity contribution in [3.05, 3.63) is 0 Å². The predicted octanol–water partition coefficient (Wildman–Crippen LogP) is 0.794. The first-order valence-corrected chi connectivity index (χ1v) is 6.31. The van der Waals surface area contributed by atoms with Crippen LogP contribution in [0.2, 0.25) is 0 Å². The molecule has 1 rings (SSSR count). The van der Waals surface area contributed by atoms with Crippen LogP contribution in [-0.4, -0.2) is 40.8 Å². The van der Waals surface area contributed by atoms with Crippen molar-refractivity contribution in [1.82, 2.24) is 10.6 Å². The third-order valence-corrected chi connectivity index (χ3v) is 3.47. The third-order valence-electron chi connectivity index (χ3n) is 3.47. The molecule has 19 heavy (non-hydrogen) atoms. The van der Waals surface area contributed by atoms with Gasteiger partial charge in [0.25, 0.3) is 0 Å². The van der Waals surface area contributed by atoms with Crippen LogP contribution >= 0.6 is 0 Å². The highest BCUT2D eigenvalue weighted by Gasteiger charge is 2.29. The Morgan fingerprint density at radius 1 is 1.21 bits per heavy atom. The van der Waals surface area contributed by atoms with Crippen LogP contribution in [0.5, 0.6) is 0 Å².